The van der Waals surface area contributed by atoms with Gasteiger partial charge in [-0.1, -0.05) is 118 Å². The fourth-order valence-electron chi connectivity index (χ4n) is 5.69. The minimum Gasteiger partial charge on any atom is -0.309 e. The zero-order valence-electron chi connectivity index (χ0n) is 21.9. The molecule has 37 heavy (non-hydrogen) atoms. The molecule has 1 nitrogen and oxygen atoms in total. The van der Waals surface area contributed by atoms with Crippen LogP contribution >= 0.6 is 0 Å². The Kier molecular flexibility index (Phi) is 5.93. The monoisotopic (exact) mass is 479 g/mol. The molecule has 0 N–H and O–H groups in total. The zero-order valence-corrected chi connectivity index (χ0v) is 21.9. The Morgan fingerprint density at radius 2 is 0.946 bits per heavy atom. The van der Waals surface area contributed by atoms with Gasteiger partial charge in [0.2, 0.25) is 0 Å². The van der Waals surface area contributed by atoms with Gasteiger partial charge in [-0.25, -0.2) is 0 Å². The van der Waals surface area contributed by atoms with Crippen LogP contribution in [-0.4, -0.2) is 4.57 Å². The number of aromatic nitrogens is 1. The highest BCUT2D eigenvalue weighted by atomic mass is 15.0. The van der Waals surface area contributed by atoms with E-state index in [2.05, 4.69) is 147 Å². The first-order chi connectivity index (χ1) is 18.1. The molecule has 0 spiro atoms. The van der Waals surface area contributed by atoms with Crippen molar-refractivity contribution in [3.63, 3.8) is 0 Å². The van der Waals surface area contributed by atoms with Gasteiger partial charge in [-0.15, -0.1) is 0 Å². The lowest BCUT2D eigenvalue weighted by atomic mass is 9.77. The second-order valence-electron chi connectivity index (χ2n) is 10.3. The molecule has 6 aromatic rings. The molecule has 0 atom stereocenters. The maximum absolute atomic E-state index is 2.37. The van der Waals surface area contributed by atoms with Crippen molar-refractivity contribution in [3.05, 3.63) is 127 Å². The molecule has 0 saturated heterocycles. The predicted octanol–water partition coefficient (Wildman–Crippen LogP) is 10.2. The Bertz CT molecular complexity index is 1630. The van der Waals surface area contributed by atoms with E-state index in [0.29, 0.717) is 0 Å². The van der Waals surface area contributed by atoms with Crippen molar-refractivity contribution in [3.8, 4) is 27.9 Å². The number of fused-ring (bicyclic) bond motifs is 3. The van der Waals surface area contributed by atoms with E-state index in [1.807, 2.05) is 0 Å². The van der Waals surface area contributed by atoms with Gasteiger partial charge in [0.05, 0.1) is 11.0 Å². The Hall–Kier alpha value is -4.10. The standard InChI is InChI=1S/C36H33N/c1-4-36(3,5-2)28-22-18-26(19-23-28)30-12-6-7-13-31(30)27-20-24-29(25-21-27)37-34-16-10-8-14-32(34)33-15-9-11-17-35(33)37/h6-25H,4-5H2,1-3H3. The summed E-state index contributed by atoms with van der Waals surface area (Å²) >= 11 is 0. The fourth-order valence-corrected chi connectivity index (χ4v) is 5.69. The molecule has 182 valence electrons. The maximum atomic E-state index is 2.37. The van der Waals surface area contributed by atoms with Gasteiger partial charge in [-0.05, 0) is 70.3 Å². The van der Waals surface area contributed by atoms with Crippen molar-refractivity contribution in [1.82, 2.24) is 4.57 Å². The first-order valence-corrected chi connectivity index (χ1v) is 13.4. The summed E-state index contributed by atoms with van der Waals surface area (Å²) in [6.07, 6.45) is 2.30. The summed E-state index contributed by atoms with van der Waals surface area (Å²) in [5.74, 6) is 0. The number of para-hydroxylation sites is 2. The lowest BCUT2D eigenvalue weighted by Crippen LogP contribution is -2.19. The average molecular weight is 480 g/mol. The highest BCUT2D eigenvalue weighted by molar-refractivity contribution is 6.09. The zero-order chi connectivity index (χ0) is 25.4. The Labute approximate surface area is 220 Å². The third kappa shape index (κ3) is 3.96. The fraction of sp³-hybridized carbons (Fsp3) is 0.167. The van der Waals surface area contributed by atoms with E-state index in [1.165, 1.54) is 55.3 Å². The van der Waals surface area contributed by atoms with E-state index in [1.54, 1.807) is 0 Å². The van der Waals surface area contributed by atoms with Crippen LogP contribution in [-0.2, 0) is 5.41 Å². The number of nitrogens with zero attached hydrogens (tertiary/aromatic N) is 1. The molecule has 0 fully saturated rings. The van der Waals surface area contributed by atoms with Gasteiger partial charge in [0, 0.05) is 16.5 Å². The summed E-state index contributed by atoms with van der Waals surface area (Å²) in [4.78, 5) is 0. The largest absolute Gasteiger partial charge is 0.309 e. The molecule has 0 aliphatic rings. The van der Waals surface area contributed by atoms with E-state index < -0.39 is 0 Å². The summed E-state index contributed by atoms with van der Waals surface area (Å²) in [5.41, 5.74) is 10.4. The topological polar surface area (TPSA) is 4.93 Å². The van der Waals surface area contributed by atoms with Crippen molar-refractivity contribution in [2.45, 2.75) is 39.0 Å². The second-order valence-corrected chi connectivity index (χ2v) is 10.3. The van der Waals surface area contributed by atoms with Crippen molar-refractivity contribution in [2.24, 2.45) is 0 Å². The van der Waals surface area contributed by atoms with Gasteiger partial charge in [0.25, 0.3) is 0 Å². The number of hydrogen-bond acceptors (Lipinski definition) is 0. The van der Waals surface area contributed by atoms with Crippen LogP contribution in [0.1, 0.15) is 39.2 Å². The van der Waals surface area contributed by atoms with Crippen LogP contribution in [0.3, 0.4) is 0 Å². The summed E-state index contributed by atoms with van der Waals surface area (Å²) in [6.45, 7) is 6.94. The van der Waals surface area contributed by atoms with Crippen molar-refractivity contribution in [1.29, 1.82) is 0 Å². The molecule has 0 aliphatic carbocycles. The van der Waals surface area contributed by atoms with Crippen molar-refractivity contribution in [2.75, 3.05) is 0 Å². The molecular weight excluding hydrogens is 446 g/mol. The predicted molar refractivity (Wildman–Crippen MR) is 160 cm³/mol. The first kappa shape index (κ1) is 23.3. The molecule has 0 amide bonds. The molecule has 1 heterocycles. The smallest absolute Gasteiger partial charge is 0.0541 e. The molecular formula is C36H33N. The van der Waals surface area contributed by atoms with E-state index in [9.17, 15) is 0 Å². The highest BCUT2D eigenvalue weighted by Gasteiger charge is 2.22. The van der Waals surface area contributed by atoms with E-state index in [-0.39, 0.29) is 5.41 Å². The van der Waals surface area contributed by atoms with Crippen LogP contribution in [0.15, 0.2) is 121 Å². The quantitative estimate of drug-likeness (QED) is 0.224. The lowest BCUT2D eigenvalue weighted by molar-refractivity contribution is 0.439. The summed E-state index contributed by atoms with van der Waals surface area (Å²) in [7, 11) is 0. The normalized spacial score (nSPS) is 11.9. The van der Waals surface area contributed by atoms with Gasteiger partial charge >= 0.3 is 0 Å². The van der Waals surface area contributed by atoms with E-state index in [4.69, 9.17) is 0 Å². The molecule has 0 saturated carbocycles. The van der Waals surface area contributed by atoms with Crippen molar-refractivity contribution >= 4 is 21.8 Å². The van der Waals surface area contributed by atoms with Crippen LogP contribution in [0.4, 0.5) is 0 Å². The summed E-state index contributed by atoms with van der Waals surface area (Å²) in [5, 5.41) is 2.58. The lowest BCUT2D eigenvalue weighted by Gasteiger charge is -2.27. The molecule has 1 heteroatoms. The first-order valence-electron chi connectivity index (χ1n) is 13.4. The Morgan fingerprint density at radius 3 is 1.43 bits per heavy atom. The van der Waals surface area contributed by atoms with Crippen LogP contribution < -0.4 is 0 Å². The SMILES string of the molecule is CCC(C)(CC)c1ccc(-c2ccccc2-c2ccc(-n3c4ccccc4c4ccccc43)cc2)cc1. The van der Waals surface area contributed by atoms with E-state index in [0.717, 1.165) is 12.8 Å². The second kappa shape index (κ2) is 9.41. The van der Waals surface area contributed by atoms with Crippen LogP contribution in [0.25, 0.3) is 49.7 Å². The number of rotatable bonds is 6. The highest BCUT2D eigenvalue weighted by Crippen LogP contribution is 2.37. The molecule has 6 rings (SSSR count). The number of benzene rings is 5. The molecule has 0 radical (unpaired) electrons. The average Bonchev–Trinajstić information content (AvgIpc) is 3.31. The summed E-state index contributed by atoms with van der Waals surface area (Å²) in [6, 6.07) is 44.4. The van der Waals surface area contributed by atoms with Gasteiger partial charge in [-0.3, -0.25) is 0 Å². The van der Waals surface area contributed by atoms with Gasteiger partial charge in [0.15, 0.2) is 0 Å². The van der Waals surface area contributed by atoms with E-state index >= 15 is 0 Å². The van der Waals surface area contributed by atoms with Crippen LogP contribution in [0.5, 0.6) is 0 Å². The maximum Gasteiger partial charge on any atom is 0.0541 e. The molecule has 0 unspecified atom stereocenters. The van der Waals surface area contributed by atoms with Crippen molar-refractivity contribution < 1.29 is 0 Å². The van der Waals surface area contributed by atoms with Gasteiger partial charge in [-0.2, -0.15) is 0 Å². The van der Waals surface area contributed by atoms with Crippen LogP contribution in [0.2, 0.25) is 0 Å². The van der Waals surface area contributed by atoms with Gasteiger partial charge in [0.1, 0.15) is 0 Å². The summed E-state index contributed by atoms with van der Waals surface area (Å²) < 4.78 is 2.37. The molecule has 5 aromatic carbocycles. The molecule has 1 aromatic heterocycles. The third-order valence-electron chi connectivity index (χ3n) is 8.40. The third-order valence-corrected chi connectivity index (χ3v) is 8.40. The molecule has 0 bridgehead atoms. The Morgan fingerprint density at radius 1 is 0.514 bits per heavy atom. The minimum atomic E-state index is 0.237. The minimum absolute atomic E-state index is 0.237. The number of hydrogen-bond donors (Lipinski definition) is 0. The Balaban J connectivity index is 1.40. The molecule has 0 aliphatic heterocycles. The van der Waals surface area contributed by atoms with Gasteiger partial charge < -0.3 is 4.57 Å². The van der Waals surface area contributed by atoms with Crippen LogP contribution in [0, 0.1) is 0 Å².